The van der Waals surface area contributed by atoms with Gasteiger partial charge in [0.25, 0.3) is 23.3 Å². The highest BCUT2D eigenvalue weighted by Gasteiger charge is 2.45. The Kier molecular flexibility index (Phi) is 17.9. The van der Waals surface area contributed by atoms with Crippen molar-refractivity contribution in [3.8, 4) is 57.1 Å². The Morgan fingerprint density at radius 3 is 1.30 bits per heavy atom. The van der Waals surface area contributed by atoms with E-state index in [-0.39, 0.29) is 42.1 Å². The molecule has 12 aromatic carbocycles. The molecule has 0 spiro atoms. The fraction of sp³-hybridized carbons (Fsp3) is 0.156. The Balaban J connectivity index is 0.000000107. The second kappa shape index (κ2) is 27.9. The van der Waals surface area contributed by atoms with E-state index in [1.54, 1.807) is 58.3 Å². The number of hydrogen-bond donors (Lipinski definition) is 0. The van der Waals surface area contributed by atoms with E-state index >= 15 is 0 Å². The van der Waals surface area contributed by atoms with Gasteiger partial charge >= 0.3 is 12.4 Å². The lowest BCUT2D eigenvalue weighted by molar-refractivity contribution is -0.646. The maximum Gasteiger partial charge on any atom is 0.417 e. The molecule has 0 amide bonds. The van der Waals surface area contributed by atoms with Crippen molar-refractivity contribution in [1.82, 2.24) is 18.3 Å². The summed E-state index contributed by atoms with van der Waals surface area (Å²) >= 11 is 0. The predicted octanol–water partition coefficient (Wildman–Crippen LogP) is 19.3. The Morgan fingerprint density at radius 1 is 0.327 bits per heavy atom. The van der Waals surface area contributed by atoms with E-state index < -0.39 is 46.7 Å². The van der Waals surface area contributed by atoms with E-state index in [1.165, 1.54) is 121 Å². The summed E-state index contributed by atoms with van der Waals surface area (Å²) in [4.78, 5) is 0. The van der Waals surface area contributed by atoms with Crippen molar-refractivity contribution in [2.45, 2.75) is 78.6 Å². The topological polar surface area (TPSA) is 53.7 Å². The Bertz CT molecular complexity index is 6330. The fourth-order valence-corrected chi connectivity index (χ4v) is 16.3. The highest BCUT2D eigenvalue weighted by Crippen LogP contribution is 2.44. The van der Waals surface area contributed by atoms with Crippen LogP contribution in [-0.4, -0.2) is 32.5 Å². The summed E-state index contributed by atoms with van der Waals surface area (Å²) in [6.45, 7) is 8.32. The van der Waals surface area contributed by atoms with Gasteiger partial charge in [-0.25, -0.2) is 54.1 Å². The first kappa shape index (κ1) is 70.4. The largest absolute Gasteiger partial charge is 0.497 e. The lowest BCUT2D eigenvalue weighted by atomic mass is 10.0. The van der Waals surface area contributed by atoms with Crippen LogP contribution in [0.15, 0.2) is 255 Å². The average Bonchev–Trinajstić information content (AvgIpc) is 1.61. The van der Waals surface area contributed by atoms with Crippen LogP contribution in [0.3, 0.4) is 0 Å². The molecule has 10 nitrogen and oxygen atoms in total. The lowest BCUT2D eigenvalue weighted by Gasteiger charge is -2.13. The first-order valence-electron chi connectivity index (χ1n) is 35.9. The lowest BCUT2D eigenvalue weighted by Crippen LogP contribution is -2.31. The third kappa shape index (κ3) is 12.6. The number of benzene rings is 12. The summed E-state index contributed by atoms with van der Waals surface area (Å²) in [5, 5.41) is 0. The van der Waals surface area contributed by atoms with Gasteiger partial charge in [0, 0.05) is 45.5 Å². The summed E-state index contributed by atoms with van der Waals surface area (Å²) in [6.07, 6.45) is -9.15. The zero-order valence-electron chi connectivity index (χ0n) is 60.1. The molecule has 0 aliphatic carbocycles. The summed E-state index contributed by atoms with van der Waals surface area (Å²) in [6, 6.07) is 76.9. The van der Waals surface area contributed by atoms with Crippen molar-refractivity contribution in [3.63, 3.8) is 0 Å². The number of halogens is 10. The molecule has 16 aromatic rings. The first-order chi connectivity index (χ1) is 53.2. The molecule has 4 aliphatic heterocycles. The SMILES string of the molecule is COc1ccc(Cn2c3[n+](c4ccccc42)Cc2cc(OC)ccc2-3)cc1.Cc1ccc(Cn2c3[n+](c4ccccc42)Cc2cc(C)ccc2-3)cc1.FC(F)(F)c1ccccc1Cn1c2[n+](c3ccccc31)Cc1cccc(C(F)(F)F)c1-2.Fc1ccc(Cn2c3[n+](c4ccccc42)Cc2cc(F)cc(F)c2-3)c(F)c1. The van der Waals surface area contributed by atoms with E-state index in [2.05, 4.69) is 147 Å². The molecule has 548 valence electrons. The number of para-hydroxylation sites is 8. The number of ether oxygens (including phenoxy) is 2. The molecule has 110 heavy (non-hydrogen) atoms. The highest BCUT2D eigenvalue weighted by molar-refractivity contribution is 5.82. The minimum Gasteiger partial charge on any atom is -0.497 e. The van der Waals surface area contributed by atoms with Crippen LogP contribution in [0.1, 0.15) is 66.8 Å². The van der Waals surface area contributed by atoms with Gasteiger partial charge in [-0.3, -0.25) is 0 Å². The third-order valence-corrected chi connectivity index (χ3v) is 21.3. The molecule has 0 radical (unpaired) electrons. The maximum atomic E-state index is 14.6. The molecule has 0 fully saturated rings. The van der Waals surface area contributed by atoms with E-state index in [1.807, 2.05) is 47.0 Å². The standard InChI is InChI=1S/C23H15F6N2.C23H21N2O2.C23H21N2.C21H13F4N2/c24-22(25,26)16-8-2-1-6-14(16)12-30-18-10-3-4-11-19(18)31-13-15-7-5-9-17(23(27,28)29)20(15)21(30)31;1-26-18-9-7-16(8-10-18)14-24-21-5-3-4-6-22(21)25-15-17-13-19(27-2)11-12-20(17)23(24)25;1-16-7-10-18(11-8-16)14-24-21-5-3-4-6-22(21)25-15-19-13-17(2)9-12-20(19)23(24)25;22-14-6-5-12(16(24)8-14)10-26-18-3-1-2-4-19(18)27-11-13-7-15(23)9-17(25)20(13)21(26)27/h1-11H,12-13H2;3-13H,14-15H2,1-2H3;3-13H,14-15H2,1-2H3;1-9H,10-11H2/q4*+1. The van der Waals surface area contributed by atoms with Crippen LogP contribution in [-0.2, 0) is 64.7 Å². The fourth-order valence-electron chi connectivity index (χ4n) is 16.3. The first-order valence-corrected chi connectivity index (χ1v) is 35.9. The second-order valence-corrected chi connectivity index (χ2v) is 28.1. The van der Waals surface area contributed by atoms with Gasteiger partial charge < -0.3 is 9.47 Å². The zero-order valence-corrected chi connectivity index (χ0v) is 60.1. The molecule has 0 unspecified atom stereocenters. The van der Waals surface area contributed by atoms with Crippen molar-refractivity contribution in [3.05, 3.63) is 345 Å². The predicted molar refractivity (Wildman–Crippen MR) is 401 cm³/mol. The molecular weight excluding hydrogens is 1420 g/mol. The minimum absolute atomic E-state index is 0.00269. The molecule has 8 heterocycles. The van der Waals surface area contributed by atoms with Gasteiger partial charge in [-0.05, 0) is 140 Å². The molecular formula is C90H70F10N8O2+4. The summed E-state index contributed by atoms with van der Waals surface area (Å²) < 4.78 is 165. The smallest absolute Gasteiger partial charge is 0.417 e. The molecule has 4 aliphatic rings. The molecule has 0 atom stereocenters. The summed E-state index contributed by atoms with van der Waals surface area (Å²) in [5.41, 5.74) is 18.7. The summed E-state index contributed by atoms with van der Waals surface area (Å²) in [7, 11) is 3.42. The quantitative estimate of drug-likeness (QED) is 0.101. The number of aryl methyl sites for hydroxylation is 2. The molecule has 20 heteroatoms. The number of hydrogen-bond acceptors (Lipinski definition) is 2. The number of alkyl halides is 6. The van der Waals surface area contributed by atoms with Crippen LogP contribution in [0.5, 0.6) is 11.5 Å². The maximum absolute atomic E-state index is 14.6. The van der Waals surface area contributed by atoms with Gasteiger partial charge in [0.1, 0.15) is 92.7 Å². The number of imidazole rings is 4. The highest BCUT2D eigenvalue weighted by atomic mass is 19.4. The van der Waals surface area contributed by atoms with Gasteiger partial charge in [0.05, 0.1) is 42.0 Å². The van der Waals surface area contributed by atoms with Crippen LogP contribution in [0.4, 0.5) is 43.9 Å². The molecule has 20 rings (SSSR count). The zero-order chi connectivity index (χ0) is 76.0. The molecule has 0 N–H and O–H groups in total. The van der Waals surface area contributed by atoms with Crippen LogP contribution < -0.4 is 27.7 Å². The molecule has 0 saturated carbocycles. The molecule has 4 aromatic heterocycles. The molecule has 0 bridgehead atoms. The van der Waals surface area contributed by atoms with Gasteiger partial charge in [-0.1, -0.05) is 139 Å². The Morgan fingerprint density at radius 2 is 0.755 bits per heavy atom. The van der Waals surface area contributed by atoms with Crippen molar-refractivity contribution in [1.29, 1.82) is 0 Å². The normalized spacial score (nSPS) is 12.6. The third-order valence-electron chi connectivity index (χ3n) is 21.3. The second-order valence-electron chi connectivity index (χ2n) is 28.1. The average molecular weight is 1490 g/mol. The van der Waals surface area contributed by atoms with Crippen molar-refractivity contribution >= 4 is 44.1 Å². The number of methoxy groups -OCH3 is 2. The van der Waals surface area contributed by atoms with Gasteiger partial charge in [-0.2, -0.15) is 26.3 Å². The Hall–Kier alpha value is -12.6. The number of aromatic nitrogens is 8. The van der Waals surface area contributed by atoms with Crippen molar-refractivity contribution in [2.75, 3.05) is 14.2 Å². The number of nitrogens with zero attached hydrogens (tertiary/aromatic N) is 8. The van der Waals surface area contributed by atoms with Gasteiger partial charge in [0.2, 0.25) is 0 Å². The van der Waals surface area contributed by atoms with E-state index in [9.17, 15) is 43.9 Å². The van der Waals surface area contributed by atoms with Gasteiger partial charge in [0.15, 0.2) is 44.1 Å². The number of rotatable bonds is 10. The van der Waals surface area contributed by atoms with Crippen molar-refractivity contribution in [2.24, 2.45) is 0 Å². The monoisotopic (exact) mass is 1480 g/mol. The molecule has 0 saturated heterocycles. The van der Waals surface area contributed by atoms with Crippen LogP contribution >= 0.6 is 0 Å². The van der Waals surface area contributed by atoms with E-state index in [0.29, 0.717) is 40.1 Å². The Labute approximate surface area is 625 Å². The van der Waals surface area contributed by atoms with E-state index in [4.69, 9.17) is 9.47 Å². The van der Waals surface area contributed by atoms with Crippen LogP contribution in [0.25, 0.3) is 89.7 Å². The minimum atomic E-state index is -4.58. The van der Waals surface area contributed by atoms with Crippen LogP contribution in [0, 0.1) is 37.1 Å². The summed E-state index contributed by atoms with van der Waals surface area (Å²) in [5.74, 6) is 2.59. The van der Waals surface area contributed by atoms with Crippen LogP contribution in [0.2, 0.25) is 0 Å². The number of fused-ring (bicyclic) bond motifs is 20. The van der Waals surface area contributed by atoms with E-state index in [0.717, 1.165) is 73.0 Å². The van der Waals surface area contributed by atoms with Crippen molar-refractivity contribution < 1.29 is 71.6 Å². The van der Waals surface area contributed by atoms with Gasteiger partial charge in [-0.15, -0.1) is 0 Å².